The van der Waals surface area contributed by atoms with E-state index in [1.807, 2.05) is 6.07 Å². The first-order chi connectivity index (χ1) is 7.79. The molecule has 1 saturated carbocycles. The largest absolute Gasteiger partial charge is 0.364 e. The first-order valence-corrected chi connectivity index (χ1v) is 6.42. The molecule has 1 fully saturated rings. The van der Waals surface area contributed by atoms with Gasteiger partial charge in [-0.2, -0.15) is 0 Å². The van der Waals surface area contributed by atoms with E-state index in [1.54, 1.807) is 6.26 Å². The fourth-order valence-electron chi connectivity index (χ4n) is 2.78. The number of rotatable bonds is 4. The van der Waals surface area contributed by atoms with Gasteiger partial charge < -0.3 is 9.84 Å². The zero-order valence-electron chi connectivity index (χ0n) is 10.3. The molecule has 3 unspecified atom stereocenters. The first kappa shape index (κ1) is 11.6. The van der Waals surface area contributed by atoms with Crippen LogP contribution in [0.3, 0.4) is 0 Å². The Morgan fingerprint density at radius 3 is 3.06 bits per heavy atom. The minimum absolute atomic E-state index is 0.665. The van der Waals surface area contributed by atoms with Crippen molar-refractivity contribution < 1.29 is 4.52 Å². The van der Waals surface area contributed by atoms with Gasteiger partial charge in [0.1, 0.15) is 6.26 Å². The summed E-state index contributed by atoms with van der Waals surface area (Å²) >= 11 is 0. The Hall–Kier alpha value is -0.830. The summed E-state index contributed by atoms with van der Waals surface area (Å²) in [6.07, 6.45) is 6.94. The Morgan fingerprint density at radius 2 is 2.38 bits per heavy atom. The molecule has 3 heteroatoms. The van der Waals surface area contributed by atoms with Gasteiger partial charge in [-0.05, 0) is 31.1 Å². The fourth-order valence-corrected chi connectivity index (χ4v) is 2.78. The normalized spacial score (nSPS) is 30.5. The van der Waals surface area contributed by atoms with E-state index >= 15 is 0 Å². The van der Waals surface area contributed by atoms with E-state index in [0.717, 1.165) is 24.1 Å². The molecule has 1 heterocycles. The van der Waals surface area contributed by atoms with Crippen LogP contribution in [0.15, 0.2) is 16.9 Å². The van der Waals surface area contributed by atoms with Crippen LogP contribution in [0.1, 0.15) is 45.2 Å². The molecule has 1 N–H and O–H groups in total. The maximum absolute atomic E-state index is 4.83. The average Bonchev–Trinajstić information content (AvgIpc) is 2.80. The molecule has 1 aromatic heterocycles. The van der Waals surface area contributed by atoms with Crippen molar-refractivity contribution in [3.8, 4) is 0 Å². The van der Waals surface area contributed by atoms with Gasteiger partial charge in [0.25, 0.3) is 0 Å². The van der Waals surface area contributed by atoms with Crippen molar-refractivity contribution >= 4 is 0 Å². The lowest BCUT2D eigenvalue weighted by molar-refractivity contribution is 0.205. The zero-order chi connectivity index (χ0) is 11.4. The van der Waals surface area contributed by atoms with Crippen LogP contribution in [-0.4, -0.2) is 11.2 Å². The van der Waals surface area contributed by atoms with Gasteiger partial charge in [0.05, 0.1) is 5.69 Å². The van der Waals surface area contributed by atoms with E-state index in [-0.39, 0.29) is 0 Å². The summed E-state index contributed by atoms with van der Waals surface area (Å²) < 4.78 is 4.83. The topological polar surface area (TPSA) is 38.1 Å². The average molecular weight is 222 g/mol. The van der Waals surface area contributed by atoms with Gasteiger partial charge in [-0.15, -0.1) is 0 Å². The van der Waals surface area contributed by atoms with E-state index in [9.17, 15) is 0 Å². The maximum Gasteiger partial charge on any atom is 0.124 e. The molecular formula is C13H22N2O. The number of nitrogens with zero attached hydrogens (tertiary/aromatic N) is 1. The van der Waals surface area contributed by atoms with Crippen LogP contribution in [0.25, 0.3) is 0 Å². The summed E-state index contributed by atoms with van der Waals surface area (Å²) in [4.78, 5) is 0. The number of aromatic nitrogens is 1. The van der Waals surface area contributed by atoms with Crippen LogP contribution < -0.4 is 5.32 Å². The molecule has 0 radical (unpaired) electrons. The predicted molar refractivity (Wildman–Crippen MR) is 63.9 cm³/mol. The summed E-state index contributed by atoms with van der Waals surface area (Å²) in [6, 6.07) is 2.59. The lowest BCUT2D eigenvalue weighted by Crippen LogP contribution is -2.39. The van der Waals surface area contributed by atoms with E-state index < -0.39 is 0 Å². The smallest absolute Gasteiger partial charge is 0.124 e. The third-order valence-corrected chi connectivity index (χ3v) is 3.81. The van der Waals surface area contributed by atoms with Crippen LogP contribution in [0.2, 0.25) is 0 Å². The molecule has 0 saturated heterocycles. The second-order valence-electron chi connectivity index (χ2n) is 5.06. The molecule has 3 nitrogen and oxygen atoms in total. The highest BCUT2D eigenvalue weighted by Crippen LogP contribution is 2.31. The van der Waals surface area contributed by atoms with Crippen LogP contribution in [-0.2, 0) is 6.54 Å². The Bertz CT molecular complexity index is 297. The summed E-state index contributed by atoms with van der Waals surface area (Å²) in [5.41, 5.74) is 1.01. The van der Waals surface area contributed by atoms with Gasteiger partial charge in [-0.25, -0.2) is 0 Å². The second kappa shape index (κ2) is 5.48. The van der Waals surface area contributed by atoms with Gasteiger partial charge in [0, 0.05) is 18.7 Å². The summed E-state index contributed by atoms with van der Waals surface area (Å²) in [6.45, 7) is 5.51. The summed E-state index contributed by atoms with van der Waals surface area (Å²) in [7, 11) is 0. The van der Waals surface area contributed by atoms with Crippen molar-refractivity contribution in [3.05, 3.63) is 18.0 Å². The molecule has 90 valence electrons. The highest BCUT2D eigenvalue weighted by molar-refractivity contribution is 4.95. The molecule has 3 atom stereocenters. The lowest BCUT2D eigenvalue weighted by Gasteiger charge is -2.34. The van der Waals surface area contributed by atoms with Gasteiger partial charge in [0.15, 0.2) is 0 Å². The first-order valence-electron chi connectivity index (χ1n) is 6.42. The van der Waals surface area contributed by atoms with E-state index in [2.05, 4.69) is 24.3 Å². The van der Waals surface area contributed by atoms with Crippen LogP contribution in [0.5, 0.6) is 0 Å². The predicted octanol–water partition coefficient (Wildman–Crippen LogP) is 2.98. The standard InChI is InChI=1S/C13H22N2O/c1-3-11-8-10(2)4-5-13(11)14-9-12-6-7-16-15-12/h6-7,10-11,13-14H,3-5,8-9H2,1-2H3. The lowest BCUT2D eigenvalue weighted by atomic mass is 9.77. The van der Waals surface area contributed by atoms with Crippen molar-refractivity contribution in [3.63, 3.8) is 0 Å². The zero-order valence-corrected chi connectivity index (χ0v) is 10.3. The van der Waals surface area contributed by atoms with Gasteiger partial charge >= 0.3 is 0 Å². The minimum Gasteiger partial charge on any atom is -0.364 e. The quantitative estimate of drug-likeness (QED) is 0.851. The van der Waals surface area contributed by atoms with Gasteiger partial charge in [-0.3, -0.25) is 0 Å². The number of hydrogen-bond donors (Lipinski definition) is 1. The molecule has 0 amide bonds. The van der Waals surface area contributed by atoms with Gasteiger partial charge in [0.2, 0.25) is 0 Å². The Labute approximate surface area is 97.6 Å². The SMILES string of the molecule is CCC1CC(C)CCC1NCc1ccon1. The minimum atomic E-state index is 0.665. The van der Waals surface area contributed by atoms with Crippen LogP contribution in [0, 0.1) is 11.8 Å². The van der Waals surface area contributed by atoms with Crippen molar-refractivity contribution in [1.82, 2.24) is 10.5 Å². The molecule has 0 aliphatic heterocycles. The van der Waals surface area contributed by atoms with Crippen LogP contribution in [0.4, 0.5) is 0 Å². The molecular weight excluding hydrogens is 200 g/mol. The monoisotopic (exact) mass is 222 g/mol. The molecule has 0 spiro atoms. The van der Waals surface area contributed by atoms with Gasteiger partial charge in [-0.1, -0.05) is 25.4 Å². The third kappa shape index (κ3) is 2.85. The molecule has 2 rings (SSSR count). The Kier molecular flexibility index (Phi) is 3.99. The van der Waals surface area contributed by atoms with Crippen molar-refractivity contribution in [2.75, 3.05) is 0 Å². The third-order valence-electron chi connectivity index (χ3n) is 3.81. The van der Waals surface area contributed by atoms with Crippen molar-refractivity contribution in [2.24, 2.45) is 11.8 Å². The van der Waals surface area contributed by atoms with E-state index in [0.29, 0.717) is 6.04 Å². The van der Waals surface area contributed by atoms with Crippen LogP contribution >= 0.6 is 0 Å². The Morgan fingerprint density at radius 1 is 1.50 bits per heavy atom. The molecule has 1 aromatic rings. The fraction of sp³-hybridized carbons (Fsp3) is 0.769. The van der Waals surface area contributed by atoms with Crippen molar-refractivity contribution in [1.29, 1.82) is 0 Å². The highest BCUT2D eigenvalue weighted by atomic mass is 16.5. The van der Waals surface area contributed by atoms with E-state index in [4.69, 9.17) is 4.52 Å². The molecule has 1 aliphatic rings. The Balaban J connectivity index is 1.83. The summed E-state index contributed by atoms with van der Waals surface area (Å²) in [5, 5.41) is 7.55. The van der Waals surface area contributed by atoms with Crippen molar-refractivity contribution in [2.45, 2.75) is 52.1 Å². The maximum atomic E-state index is 4.83. The second-order valence-corrected chi connectivity index (χ2v) is 5.06. The number of hydrogen-bond acceptors (Lipinski definition) is 3. The molecule has 16 heavy (non-hydrogen) atoms. The summed E-state index contributed by atoms with van der Waals surface area (Å²) in [5.74, 6) is 1.73. The highest BCUT2D eigenvalue weighted by Gasteiger charge is 2.26. The molecule has 0 aromatic carbocycles. The molecule has 1 aliphatic carbocycles. The number of nitrogens with one attached hydrogen (secondary N) is 1. The van der Waals surface area contributed by atoms with E-state index in [1.165, 1.54) is 25.7 Å². The molecule has 0 bridgehead atoms.